The third-order valence-electron chi connectivity index (χ3n) is 4.52. The van der Waals surface area contributed by atoms with Crippen LogP contribution in [0.15, 0.2) is 48.5 Å². The van der Waals surface area contributed by atoms with Crippen LogP contribution in [0.5, 0.6) is 0 Å². The van der Waals surface area contributed by atoms with Crippen molar-refractivity contribution in [3.8, 4) is 0 Å². The van der Waals surface area contributed by atoms with E-state index in [9.17, 15) is 4.39 Å². The summed E-state index contributed by atoms with van der Waals surface area (Å²) in [6.07, 6.45) is 1.08. The highest BCUT2D eigenvalue weighted by atomic mass is 19.1. The van der Waals surface area contributed by atoms with Gasteiger partial charge in [0.05, 0.1) is 12.7 Å². The van der Waals surface area contributed by atoms with Crippen molar-refractivity contribution in [2.75, 3.05) is 13.1 Å². The van der Waals surface area contributed by atoms with E-state index in [0.29, 0.717) is 19.1 Å². The first-order chi connectivity index (χ1) is 11.3. The molecule has 0 aliphatic carbocycles. The maximum atomic E-state index is 13.1. The van der Waals surface area contributed by atoms with Gasteiger partial charge in [0.25, 0.3) is 0 Å². The molecule has 2 aromatic carbocycles. The standard InChI is InChI=1S/C19H23FN2O/c20-17-7-5-14(6-8-17)18-9-10-22-12-19(18)23-13-16-4-2-1-3-15(16)11-21/h1-8,18-19,22H,9-13,21H2. The Morgan fingerprint density at radius 3 is 2.57 bits per heavy atom. The van der Waals surface area contributed by atoms with Gasteiger partial charge >= 0.3 is 0 Å². The van der Waals surface area contributed by atoms with Crippen LogP contribution in [-0.4, -0.2) is 19.2 Å². The Bertz CT molecular complexity index is 630. The van der Waals surface area contributed by atoms with E-state index in [2.05, 4.69) is 11.4 Å². The molecule has 2 unspecified atom stereocenters. The van der Waals surface area contributed by atoms with Crippen LogP contribution in [0.1, 0.15) is 29.0 Å². The van der Waals surface area contributed by atoms with Crippen molar-refractivity contribution < 1.29 is 9.13 Å². The van der Waals surface area contributed by atoms with Gasteiger partial charge in [0.1, 0.15) is 5.82 Å². The number of ether oxygens (including phenoxy) is 1. The van der Waals surface area contributed by atoms with Crippen LogP contribution in [-0.2, 0) is 17.9 Å². The molecule has 3 N–H and O–H groups in total. The molecule has 3 rings (SSSR count). The second-order valence-electron chi connectivity index (χ2n) is 5.97. The highest BCUT2D eigenvalue weighted by Gasteiger charge is 2.27. The zero-order chi connectivity index (χ0) is 16.1. The van der Waals surface area contributed by atoms with Crippen LogP contribution in [0.2, 0.25) is 0 Å². The van der Waals surface area contributed by atoms with Gasteiger partial charge in [-0.05, 0) is 41.8 Å². The SMILES string of the molecule is NCc1ccccc1COC1CNCCC1c1ccc(F)cc1. The van der Waals surface area contributed by atoms with Crippen molar-refractivity contribution in [1.29, 1.82) is 0 Å². The molecule has 0 spiro atoms. The lowest BCUT2D eigenvalue weighted by molar-refractivity contribution is 0.0103. The van der Waals surface area contributed by atoms with Gasteiger partial charge in [0.15, 0.2) is 0 Å². The Kier molecular flexibility index (Phi) is 5.39. The monoisotopic (exact) mass is 314 g/mol. The smallest absolute Gasteiger partial charge is 0.123 e. The van der Waals surface area contributed by atoms with Crippen molar-refractivity contribution in [2.45, 2.75) is 31.6 Å². The van der Waals surface area contributed by atoms with E-state index < -0.39 is 0 Å². The molecule has 1 aliphatic rings. The summed E-state index contributed by atoms with van der Waals surface area (Å²) in [7, 11) is 0. The van der Waals surface area contributed by atoms with E-state index in [1.165, 1.54) is 12.1 Å². The molecule has 2 aromatic rings. The van der Waals surface area contributed by atoms with E-state index in [0.717, 1.165) is 36.2 Å². The molecule has 4 heteroatoms. The second kappa shape index (κ2) is 7.68. The van der Waals surface area contributed by atoms with Crippen LogP contribution in [0, 0.1) is 5.82 Å². The number of nitrogens with two attached hydrogens (primary N) is 1. The molecule has 0 radical (unpaired) electrons. The van der Waals surface area contributed by atoms with E-state index in [1.807, 2.05) is 30.3 Å². The Labute approximate surface area is 136 Å². The van der Waals surface area contributed by atoms with E-state index in [1.54, 1.807) is 0 Å². The third kappa shape index (κ3) is 3.96. The van der Waals surface area contributed by atoms with Crippen molar-refractivity contribution >= 4 is 0 Å². The van der Waals surface area contributed by atoms with Gasteiger partial charge in [-0.25, -0.2) is 4.39 Å². The van der Waals surface area contributed by atoms with Gasteiger partial charge in [-0.1, -0.05) is 36.4 Å². The van der Waals surface area contributed by atoms with Gasteiger partial charge in [-0.15, -0.1) is 0 Å². The lowest BCUT2D eigenvalue weighted by Gasteiger charge is -2.32. The molecule has 1 saturated heterocycles. The van der Waals surface area contributed by atoms with Gasteiger partial charge in [0.2, 0.25) is 0 Å². The van der Waals surface area contributed by atoms with E-state index in [-0.39, 0.29) is 11.9 Å². The van der Waals surface area contributed by atoms with E-state index >= 15 is 0 Å². The minimum Gasteiger partial charge on any atom is -0.372 e. The molecule has 0 amide bonds. The Morgan fingerprint density at radius 1 is 1.09 bits per heavy atom. The van der Waals surface area contributed by atoms with Crippen molar-refractivity contribution in [3.05, 3.63) is 71.0 Å². The molecular formula is C19H23FN2O. The number of hydrogen-bond donors (Lipinski definition) is 2. The van der Waals surface area contributed by atoms with Gasteiger partial charge < -0.3 is 15.8 Å². The summed E-state index contributed by atoms with van der Waals surface area (Å²) < 4.78 is 19.3. The maximum Gasteiger partial charge on any atom is 0.123 e. The average Bonchev–Trinajstić information content (AvgIpc) is 2.61. The molecule has 1 heterocycles. The summed E-state index contributed by atoms with van der Waals surface area (Å²) in [4.78, 5) is 0. The topological polar surface area (TPSA) is 47.3 Å². The molecule has 3 nitrogen and oxygen atoms in total. The lowest BCUT2D eigenvalue weighted by atomic mass is 9.87. The van der Waals surface area contributed by atoms with Gasteiger partial charge in [0, 0.05) is 19.0 Å². The first kappa shape index (κ1) is 16.1. The largest absolute Gasteiger partial charge is 0.372 e. The quantitative estimate of drug-likeness (QED) is 0.892. The fourth-order valence-corrected chi connectivity index (χ4v) is 3.19. The minimum absolute atomic E-state index is 0.0834. The van der Waals surface area contributed by atoms with Gasteiger partial charge in [-0.3, -0.25) is 0 Å². The summed E-state index contributed by atoms with van der Waals surface area (Å²) in [6.45, 7) is 2.84. The number of halogens is 1. The maximum absolute atomic E-state index is 13.1. The molecule has 0 bridgehead atoms. The zero-order valence-electron chi connectivity index (χ0n) is 13.2. The molecule has 0 saturated carbocycles. The highest BCUT2D eigenvalue weighted by molar-refractivity contribution is 5.26. The fourth-order valence-electron chi connectivity index (χ4n) is 3.19. The first-order valence-corrected chi connectivity index (χ1v) is 8.12. The Morgan fingerprint density at radius 2 is 1.83 bits per heavy atom. The lowest BCUT2D eigenvalue weighted by Crippen LogP contribution is -2.41. The summed E-state index contributed by atoms with van der Waals surface area (Å²) in [5, 5.41) is 3.39. The fraction of sp³-hybridized carbons (Fsp3) is 0.368. The Balaban J connectivity index is 1.70. The number of rotatable bonds is 5. The minimum atomic E-state index is -0.197. The molecule has 1 fully saturated rings. The molecule has 122 valence electrons. The predicted molar refractivity (Wildman–Crippen MR) is 89.5 cm³/mol. The molecule has 0 aromatic heterocycles. The van der Waals surface area contributed by atoms with Crippen molar-refractivity contribution in [2.24, 2.45) is 5.73 Å². The first-order valence-electron chi connectivity index (χ1n) is 8.12. The zero-order valence-corrected chi connectivity index (χ0v) is 13.2. The van der Waals surface area contributed by atoms with Crippen LogP contribution in [0.3, 0.4) is 0 Å². The predicted octanol–water partition coefficient (Wildman–Crippen LogP) is 2.95. The number of hydrogen-bond acceptors (Lipinski definition) is 3. The highest BCUT2D eigenvalue weighted by Crippen LogP contribution is 2.28. The molecule has 1 aliphatic heterocycles. The molecule has 23 heavy (non-hydrogen) atoms. The number of piperidine rings is 1. The van der Waals surface area contributed by atoms with Gasteiger partial charge in [-0.2, -0.15) is 0 Å². The summed E-state index contributed by atoms with van der Waals surface area (Å²) in [6, 6.07) is 14.9. The molecule has 2 atom stereocenters. The summed E-state index contributed by atoms with van der Waals surface area (Å²) in [5.41, 5.74) is 9.19. The summed E-state index contributed by atoms with van der Waals surface area (Å²) in [5.74, 6) is 0.0962. The van der Waals surface area contributed by atoms with Crippen molar-refractivity contribution in [1.82, 2.24) is 5.32 Å². The summed E-state index contributed by atoms with van der Waals surface area (Å²) >= 11 is 0. The number of benzene rings is 2. The Hall–Kier alpha value is -1.75. The van der Waals surface area contributed by atoms with Crippen LogP contribution in [0.4, 0.5) is 4.39 Å². The number of nitrogens with one attached hydrogen (secondary N) is 1. The van der Waals surface area contributed by atoms with Crippen molar-refractivity contribution in [3.63, 3.8) is 0 Å². The second-order valence-corrected chi connectivity index (χ2v) is 5.97. The van der Waals surface area contributed by atoms with Crippen LogP contribution in [0.25, 0.3) is 0 Å². The average molecular weight is 314 g/mol. The molecular weight excluding hydrogens is 291 g/mol. The van der Waals surface area contributed by atoms with Crippen LogP contribution >= 0.6 is 0 Å². The third-order valence-corrected chi connectivity index (χ3v) is 4.52. The van der Waals surface area contributed by atoms with Crippen LogP contribution < -0.4 is 11.1 Å². The normalized spacial score (nSPS) is 21.3. The van der Waals surface area contributed by atoms with E-state index in [4.69, 9.17) is 10.5 Å².